The summed E-state index contributed by atoms with van der Waals surface area (Å²) in [5.41, 5.74) is 1.26. The molecule has 3 unspecified atom stereocenters. The van der Waals surface area contributed by atoms with Crippen LogP contribution >= 0.6 is 0 Å². The Bertz CT molecular complexity index is 350. The van der Waals surface area contributed by atoms with Crippen LogP contribution in [0.5, 0.6) is 0 Å². The van der Waals surface area contributed by atoms with Gasteiger partial charge in [-0.2, -0.15) is 5.10 Å². The molecule has 2 heterocycles. The van der Waals surface area contributed by atoms with Crippen LogP contribution in [0.3, 0.4) is 0 Å². The SMILES string of the molecule is CCCNC(c1ccnn1C)C1COC(C)C1. The highest BCUT2D eigenvalue weighted by Crippen LogP contribution is 2.31. The number of hydrogen-bond donors (Lipinski definition) is 1. The summed E-state index contributed by atoms with van der Waals surface area (Å²) < 4.78 is 7.66. The number of rotatable bonds is 5. The van der Waals surface area contributed by atoms with E-state index >= 15 is 0 Å². The van der Waals surface area contributed by atoms with E-state index in [-0.39, 0.29) is 0 Å². The zero-order valence-electron chi connectivity index (χ0n) is 11.0. The van der Waals surface area contributed by atoms with Crippen LogP contribution in [0.2, 0.25) is 0 Å². The molecule has 1 N–H and O–H groups in total. The molecule has 1 aliphatic rings. The van der Waals surface area contributed by atoms with Gasteiger partial charge in [0.25, 0.3) is 0 Å². The van der Waals surface area contributed by atoms with Gasteiger partial charge in [0, 0.05) is 19.2 Å². The maximum absolute atomic E-state index is 5.69. The average Bonchev–Trinajstić information content (AvgIpc) is 2.90. The maximum Gasteiger partial charge on any atom is 0.0554 e. The summed E-state index contributed by atoms with van der Waals surface area (Å²) >= 11 is 0. The lowest BCUT2D eigenvalue weighted by molar-refractivity contribution is 0.116. The van der Waals surface area contributed by atoms with Crippen molar-refractivity contribution in [2.75, 3.05) is 13.2 Å². The van der Waals surface area contributed by atoms with E-state index in [1.54, 1.807) is 0 Å². The summed E-state index contributed by atoms with van der Waals surface area (Å²) in [7, 11) is 2.01. The Kier molecular flexibility index (Phi) is 4.18. The van der Waals surface area contributed by atoms with Gasteiger partial charge in [-0.25, -0.2) is 0 Å². The van der Waals surface area contributed by atoms with Crippen molar-refractivity contribution < 1.29 is 4.74 Å². The normalized spacial score (nSPS) is 26.3. The second-order valence-corrected chi connectivity index (χ2v) is 4.95. The van der Waals surface area contributed by atoms with Gasteiger partial charge in [-0.15, -0.1) is 0 Å². The van der Waals surface area contributed by atoms with Crippen molar-refractivity contribution in [2.24, 2.45) is 13.0 Å². The van der Waals surface area contributed by atoms with E-state index in [9.17, 15) is 0 Å². The molecule has 4 nitrogen and oxygen atoms in total. The number of aromatic nitrogens is 2. The van der Waals surface area contributed by atoms with Gasteiger partial charge in [0.1, 0.15) is 0 Å². The number of nitrogens with zero attached hydrogens (tertiary/aromatic N) is 2. The van der Waals surface area contributed by atoms with Crippen LogP contribution in [-0.4, -0.2) is 29.0 Å². The Morgan fingerprint density at radius 3 is 3.00 bits per heavy atom. The Morgan fingerprint density at radius 2 is 2.47 bits per heavy atom. The third-order valence-corrected chi connectivity index (χ3v) is 3.49. The van der Waals surface area contributed by atoms with Crippen molar-refractivity contribution in [1.82, 2.24) is 15.1 Å². The van der Waals surface area contributed by atoms with Crippen LogP contribution < -0.4 is 5.32 Å². The first-order valence-electron chi connectivity index (χ1n) is 6.55. The molecule has 0 aliphatic carbocycles. The first kappa shape index (κ1) is 12.6. The van der Waals surface area contributed by atoms with Gasteiger partial charge in [-0.05, 0) is 32.4 Å². The Labute approximate surface area is 103 Å². The molecule has 2 rings (SSSR count). The summed E-state index contributed by atoms with van der Waals surface area (Å²) in [6.07, 6.45) is 4.54. The molecule has 17 heavy (non-hydrogen) atoms. The van der Waals surface area contributed by atoms with Crippen LogP contribution in [0.25, 0.3) is 0 Å². The van der Waals surface area contributed by atoms with Gasteiger partial charge in [-0.1, -0.05) is 6.92 Å². The molecule has 1 aromatic rings. The van der Waals surface area contributed by atoms with E-state index in [2.05, 4.69) is 30.3 Å². The van der Waals surface area contributed by atoms with Gasteiger partial charge in [-0.3, -0.25) is 4.68 Å². The molecular formula is C13H23N3O. The lowest BCUT2D eigenvalue weighted by atomic mass is 9.94. The first-order valence-corrected chi connectivity index (χ1v) is 6.55. The van der Waals surface area contributed by atoms with Crippen molar-refractivity contribution in [3.05, 3.63) is 18.0 Å². The quantitative estimate of drug-likeness (QED) is 0.850. The molecule has 3 atom stereocenters. The minimum Gasteiger partial charge on any atom is -0.378 e. The van der Waals surface area contributed by atoms with E-state index in [4.69, 9.17) is 4.74 Å². The van der Waals surface area contributed by atoms with E-state index in [1.807, 2.05) is 17.9 Å². The summed E-state index contributed by atoms with van der Waals surface area (Å²) in [6, 6.07) is 2.48. The van der Waals surface area contributed by atoms with Crippen molar-refractivity contribution >= 4 is 0 Å². The second-order valence-electron chi connectivity index (χ2n) is 4.95. The number of aryl methyl sites for hydroxylation is 1. The van der Waals surface area contributed by atoms with Crippen LogP contribution in [0.15, 0.2) is 12.3 Å². The van der Waals surface area contributed by atoms with E-state index < -0.39 is 0 Å². The molecule has 96 valence electrons. The molecule has 1 aliphatic heterocycles. The van der Waals surface area contributed by atoms with Gasteiger partial charge in [0.2, 0.25) is 0 Å². The van der Waals surface area contributed by atoms with Crippen LogP contribution in [-0.2, 0) is 11.8 Å². The summed E-state index contributed by atoms with van der Waals surface area (Å²) in [5, 5.41) is 7.91. The van der Waals surface area contributed by atoms with Crippen molar-refractivity contribution in [2.45, 2.75) is 38.8 Å². The predicted molar refractivity (Wildman–Crippen MR) is 67.8 cm³/mol. The van der Waals surface area contributed by atoms with Crippen molar-refractivity contribution in [1.29, 1.82) is 0 Å². The third kappa shape index (κ3) is 2.87. The average molecular weight is 237 g/mol. The minimum absolute atomic E-state index is 0.368. The standard InChI is InChI=1S/C13H23N3O/c1-4-6-14-13(11-8-10(2)17-9-11)12-5-7-15-16(12)3/h5,7,10-11,13-14H,4,6,8-9H2,1-3H3. The fourth-order valence-corrected chi connectivity index (χ4v) is 2.58. The number of hydrogen-bond acceptors (Lipinski definition) is 3. The maximum atomic E-state index is 5.69. The van der Waals surface area contributed by atoms with Crippen molar-refractivity contribution in [3.8, 4) is 0 Å². The lowest BCUT2D eigenvalue weighted by Gasteiger charge is -2.24. The summed E-state index contributed by atoms with van der Waals surface area (Å²) in [4.78, 5) is 0. The highest BCUT2D eigenvalue weighted by molar-refractivity contribution is 5.09. The van der Waals surface area contributed by atoms with Crippen LogP contribution in [0.4, 0.5) is 0 Å². The molecule has 0 aromatic carbocycles. The zero-order valence-corrected chi connectivity index (χ0v) is 11.0. The molecule has 0 radical (unpaired) electrons. The summed E-state index contributed by atoms with van der Waals surface area (Å²) in [5.74, 6) is 0.562. The highest BCUT2D eigenvalue weighted by Gasteiger charge is 2.31. The largest absolute Gasteiger partial charge is 0.378 e. The molecular weight excluding hydrogens is 214 g/mol. The van der Waals surface area contributed by atoms with E-state index in [1.165, 1.54) is 5.69 Å². The molecule has 0 saturated carbocycles. The molecule has 0 spiro atoms. The van der Waals surface area contributed by atoms with Crippen molar-refractivity contribution in [3.63, 3.8) is 0 Å². The Hall–Kier alpha value is -0.870. The second kappa shape index (κ2) is 5.65. The molecule has 1 fully saturated rings. The molecule has 1 aromatic heterocycles. The zero-order chi connectivity index (χ0) is 12.3. The third-order valence-electron chi connectivity index (χ3n) is 3.49. The van der Waals surface area contributed by atoms with Crippen LogP contribution in [0.1, 0.15) is 38.4 Å². The Balaban J connectivity index is 2.10. The Morgan fingerprint density at radius 1 is 1.65 bits per heavy atom. The smallest absolute Gasteiger partial charge is 0.0554 e. The monoisotopic (exact) mass is 237 g/mol. The minimum atomic E-state index is 0.368. The van der Waals surface area contributed by atoms with E-state index in [0.717, 1.165) is 26.0 Å². The lowest BCUT2D eigenvalue weighted by Crippen LogP contribution is -2.31. The van der Waals surface area contributed by atoms with Gasteiger partial charge < -0.3 is 10.1 Å². The van der Waals surface area contributed by atoms with Crippen LogP contribution in [0, 0.1) is 5.92 Å². The fraction of sp³-hybridized carbons (Fsp3) is 0.769. The first-order chi connectivity index (χ1) is 8.22. The molecule has 4 heteroatoms. The predicted octanol–water partition coefficient (Wildman–Crippen LogP) is 1.89. The molecule has 0 bridgehead atoms. The van der Waals surface area contributed by atoms with Gasteiger partial charge in [0.15, 0.2) is 0 Å². The van der Waals surface area contributed by atoms with Gasteiger partial charge in [0.05, 0.1) is 24.4 Å². The summed E-state index contributed by atoms with van der Waals surface area (Å²) in [6.45, 7) is 6.25. The topological polar surface area (TPSA) is 39.1 Å². The van der Waals surface area contributed by atoms with E-state index in [0.29, 0.717) is 18.1 Å². The highest BCUT2D eigenvalue weighted by atomic mass is 16.5. The van der Waals surface area contributed by atoms with Gasteiger partial charge >= 0.3 is 0 Å². The molecule has 0 amide bonds. The number of ether oxygens (including phenoxy) is 1. The molecule has 1 saturated heterocycles. The number of nitrogens with one attached hydrogen (secondary N) is 1. The fourth-order valence-electron chi connectivity index (χ4n) is 2.58.